The van der Waals surface area contributed by atoms with Crippen LogP contribution in [-0.4, -0.2) is 11.6 Å². The minimum atomic E-state index is -0.381. The van der Waals surface area contributed by atoms with E-state index in [9.17, 15) is 9.59 Å². The van der Waals surface area contributed by atoms with E-state index >= 15 is 0 Å². The van der Waals surface area contributed by atoms with Gasteiger partial charge in [0, 0.05) is 5.57 Å². The number of hydrogen-bond donors (Lipinski definition) is 0. The van der Waals surface area contributed by atoms with Crippen molar-refractivity contribution in [1.82, 2.24) is 0 Å². The number of ketones is 2. The normalized spacial score (nSPS) is 16.2. The average molecular weight is 178 g/mol. The first-order valence-corrected chi connectivity index (χ1v) is 4.71. The Balaban J connectivity index is 2.49. The highest BCUT2D eigenvalue weighted by molar-refractivity contribution is 6.48. The molecule has 13 heavy (non-hydrogen) atoms. The Kier molecular flexibility index (Phi) is 3.62. The fraction of sp³-hybridized carbons (Fsp3) is 0.455. The summed E-state index contributed by atoms with van der Waals surface area (Å²) in [5.41, 5.74) is 0.668. The Labute approximate surface area is 78.3 Å². The summed E-state index contributed by atoms with van der Waals surface area (Å²) in [5, 5.41) is 0. The molecule has 0 fully saturated rings. The van der Waals surface area contributed by atoms with Crippen molar-refractivity contribution in [3.63, 3.8) is 0 Å². The largest absolute Gasteiger partial charge is 0.286 e. The molecule has 0 aromatic heterocycles. The second kappa shape index (κ2) is 4.75. The Hall–Kier alpha value is -1.18. The smallest absolute Gasteiger partial charge is 0.228 e. The molecule has 0 aliphatic heterocycles. The molecule has 0 radical (unpaired) electrons. The van der Waals surface area contributed by atoms with E-state index in [-0.39, 0.29) is 11.6 Å². The second-order valence-corrected chi connectivity index (χ2v) is 3.20. The molecule has 70 valence electrons. The quantitative estimate of drug-likeness (QED) is 0.375. The summed E-state index contributed by atoms with van der Waals surface area (Å²) in [4.78, 5) is 22.2. The zero-order chi connectivity index (χ0) is 9.68. The Morgan fingerprint density at radius 2 is 2.00 bits per heavy atom. The number of unbranched alkanes of at least 4 members (excludes halogenated alkanes) is 2. The van der Waals surface area contributed by atoms with Crippen LogP contribution in [0.3, 0.4) is 0 Å². The summed E-state index contributed by atoms with van der Waals surface area (Å²) < 4.78 is 0. The zero-order valence-corrected chi connectivity index (χ0v) is 7.88. The maximum atomic E-state index is 11.3. The van der Waals surface area contributed by atoms with Crippen molar-refractivity contribution < 1.29 is 9.59 Å². The van der Waals surface area contributed by atoms with Crippen LogP contribution >= 0.6 is 0 Å². The standard InChI is InChI=1S/C11H14O2/c1-2-3-4-6-9-7-5-8-10(12)11(9)13/h5,7-8H,2-4,6H2,1H3. The summed E-state index contributed by atoms with van der Waals surface area (Å²) >= 11 is 0. The number of allylic oxidation sites excluding steroid dienone is 4. The Bertz CT molecular complexity index is 272. The average Bonchev–Trinajstić information content (AvgIpc) is 2.13. The van der Waals surface area contributed by atoms with Crippen molar-refractivity contribution >= 4 is 11.6 Å². The van der Waals surface area contributed by atoms with E-state index in [0.717, 1.165) is 25.7 Å². The SMILES string of the molecule is CCCCCC1=CC=CC(=O)C1=O. The molecular weight excluding hydrogens is 164 g/mol. The number of carbonyl (C=O) groups is 2. The highest BCUT2D eigenvalue weighted by Gasteiger charge is 2.17. The number of hydrogen-bond acceptors (Lipinski definition) is 2. The predicted octanol–water partition coefficient (Wildman–Crippen LogP) is 2.20. The van der Waals surface area contributed by atoms with Crippen molar-refractivity contribution in [3.8, 4) is 0 Å². The van der Waals surface area contributed by atoms with Crippen LogP contribution in [0.5, 0.6) is 0 Å². The molecule has 0 N–H and O–H groups in total. The van der Waals surface area contributed by atoms with E-state index in [0.29, 0.717) is 5.57 Å². The monoisotopic (exact) mass is 178 g/mol. The van der Waals surface area contributed by atoms with E-state index in [1.807, 2.05) is 0 Å². The van der Waals surface area contributed by atoms with Crippen LogP contribution in [-0.2, 0) is 9.59 Å². The van der Waals surface area contributed by atoms with E-state index in [1.165, 1.54) is 6.08 Å². The lowest BCUT2D eigenvalue weighted by molar-refractivity contribution is -0.131. The van der Waals surface area contributed by atoms with Crippen LogP contribution in [0.25, 0.3) is 0 Å². The van der Waals surface area contributed by atoms with Gasteiger partial charge in [-0.05, 0) is 18.9 Å². The molecule has 0 unspecified atom stereocenters. The van der Waals surface area contributed by atoms with Crippen molar-refractivity contribution in [2.75, 3.05) is 0 Å². The van der Waals surface area contributed by atoms with Gasteiger partial charge in [0.25, 0.3) is 0 Å². The lowest BCUT2D eigenvalue weighted by Crippen LogP contribution is -2.16. The molecule has 0 saturated heterocycles. The number of carbonyl (C=O) groups excluding carboxylic acids is 2. The fourth-order valence-corrected chi connectivity index (χ4v) is 1.32. The number of Topliss-reactive ketones (excluding diaryl/α,β-unsaturated/α-hetero) is 1. The van der Waals surface area contributed by atoms with Crippen molar-refractivity contribution in [2.24, 2.45) is 0 Å². The molecule has 2 nitrogen and oxygen atoms in total. The van der Waals surface area contributed by atoms with Gasteiger partial charge in [-0.15, -0.1) is 0 Å². The van der Waals surface area contributed by atoms with Gasteiger partial charge in [0.1, 0.15) is 0 Å². The van der Waals surface area contributed by atoms with Crippen LogP contribution in [0, 0.1) is 0 Å². The maximum Gasteiger partial charge on any atom is 0.228 e. The minimum absolute atomic E-state index is 0.321. The third kappa shape index (κ3) is 2.65. The minimum Gasteiger partial charge on any atom is -0.286 e. The molecule has 0 amide bonds. The van der Waals surface area contributed by atoms with Crippen LogP contribution in [0.2, 0.25) is 0 Å². The molecule has 0 aromatic rings. The van der Waals surface area contributed by atoms with Crippen molar-refractivity contribution in [1.29, 1.82) is 0 Å². The topological polar surface area (TPSA) is 34.1 Å². The van der Waals surface area contributed by atoms with Crippen molar-refractivity contribution in [3.05, 3.63) is 23.8 Å². The highest BCUT2D eigenvalue weighted by Crippen LogP contribution is 2.13. The van der Waals surface area contributed by atoms with E-state index in [4.69, 9.17) is 0 Å². The molecule has 0 atom stereocenters. The molecule has 0 heterocycles. The van der Waals surface area contributed by atoms with E-state index < -0.39 is 0 Å². The van der Waals surface area contributed by atoms with Gasteiger partial charge >= 0.3 is 0 Å². The lowest BCUT2D eigenvalue weighted by atomic mass is 9.97. The summed E-state index contributed by atoms with van der Waals surface area (Å²) in [6, 6.07) is 0. The first kappa shape index (κ1) is 9.90. The van der Waals surface area contributed by atoms with Crippen LogP contribution in [0.15, 0.2) is 23.8 Å². The van der Waals surface area contributed by atoms with Gasteiger partial charge in [-0.25, -0.2) is 0 Å². The summed E-state index contributed by atoms with van der Waals surface area (Å²) in [6.45, 7) is 2.11. The first-order chi connectivity index (χ1) is 6.25. The zero-order valence-electron chi connectivity index (χ0n) is 7.88. The van der Waals surface area contributed by atoms with Crippen molar-refractivity contribution in [2.45, 2.75) is 32.6 Å². The summed E-state index contributed by atoms with van der Waals surface area (Å²) in [6.07, 6.45) is 8.71. The molecule has 1 aliphatic rings. The van der Waals surface area contributed by atoms with Gasteiger partial charge in [-0.2, -0.15) is 0 Å². The maximum absolute atomic E-state index is 11.3. The number of rotatable bonds is 4. The van der Waals surface area contributed by atoms with Gasteiger partial charge in [-0.3, -0.25) is 9.59 Å². The first-order valence-electron chi connectivity index (χ1n) is 4.71. The molecule has 0 aromatic carbocycles. The summed E-state index contributed by atoms with van der Waals surface area (Å²) in [5.74, 6) is -0.701. The van der Waals surface area contributed by atoms with E-state index in [1.54, 1.807) is 12.2 Å². The second-order valence-electron chi connectivity index (χ2n) is 3.20. The third-order valence-electron chi connectivity index (χ3n) is 2.11. The molecule has 1 aliphatic carbocycles. The third-order valence-corrected chi connectivity index (χ3v) is 2.11. The Morgan fingerprint density at radius 1 is 1.23 bits per heavy atom. The van der Waals surface area contributed by atoms with Crippen LogP contribution < -0.4 is 0 Å². The van der Waals surface area contributed by atoms with Gasteiger partial charge in [0.2, 0.25) is 11.6 Å². The van der Waals surface area contributed by atoms with E-state index in [2.05, 4.69) is 6.92 Å². The predicted molar refractivity (Wildman–Crippen MR) is 51.4 cm³/mol. The van der Waals surface area contributed by atoms with Gasteiger partial charge < -0.3 is 0 Å². The molecule has 2 heteroatoms. The van der Waals surface area contributed by atoms with Gasteiger partial charge in [0.15, 0.2) is 0 Å². The van der Waals surface area contributed by atoms with Crippen LogP contribution in [0.1, 0.15) is 32.6 Å². The highest BCUT2D eigenvalue weighted by atomic mass is 16.2. The lowest BCUT2D eigenvalue weighted by Gasteiger charge is -2.05. The fourth-order valence-electron chi connectivity index (χ4n) is 1.32. The van der Waals surface area contributed by atoms with Gasteiger partial charge in [0.05, 0.1) is 0 Å². The summed E-state index contributed by atoms with van der Waals surface area (Å²) in [7, 11) is 0. The Morgan fingerprint density at radius 3 is 2.69 bits per heavy atom. The molecular formula is C11H14O2. The van der Waals surface area contributed by atoms with Gasteiger partial charge in [-0.1, -0.05) is 31.9 Å². The molecule has 1 rings (SSSR count). The molecule has 0 saturated carbocycles. The molecule has 0 spiro atoms. The van der Waals surface area contributed by atoms with Crippen LogP contribution in [0.4, 0.5) is 0 Å². The molecule has 0 bridgehead atoms.